The van der Waals surface area contributed by atoms with Crippen molar-refractivity contribution in [2.75, 3.05) is 14.2 Å². The van der Waals surface area contributed by atoms with E-state index in [9.17, 15) is 14.5 Å². The minimum Gasteiger partial charge on any atom is -0.494 e. The van der Waals surface area contributed by atoms with Crippen LogP contribution < -0.4 is 9.64 Å². The standard InChI is InChI=1S/C19H19FN4O4/c1-12(23(2)11-13-4-9-17(27-3)16(20)10-13)18-21-22-19(28-18)14-5-7-15(8-6-14)24(25)26/h4-10,12H,11H2,1-3H3/p+1/t12-/m0/s1. The van der Waals surface area contributed by atoms with Gasteiger partial charge in [0, 0.05) is 23.3 Å². The van der Waals surface area contributed by atoms with E-state index in [-0.39, 0.29) is 17.5 Å². The first-order valence-corrected chi connectivity index (χ1v) is 8.62. The third-order valence-electron chi connectivity index (χ3n) is 4.57. The fraction of sp³-hybridized carbons (Fsp3) is 0.263. The molecule has 1 unspecified atom stereocenters. The molecule has 0 aliphatic rings. The van der Waals surface area contributed by atoms with Gasteiger partial charge in [-0.1, -0.05) is 0 Å². The summed E-state index contributed by atoms with van der Waals surface area (Å²) in [5.41, 5.74) is 1.41. The summed E-state index contributed by atoms with van der Waals surface area (Å²) in [4.78, 5) is 11.3. The molecule has 0 radical (unpaired) electrons. The topological polar surface area (TPSA) is 95.7 Å². The Hall–Kier alpha value is -3.33. The number of benzene rings is 2. The number of halogens is 1. The molecule has 8 nitrogen and oxygen atoms in total. The lowest BCUT2D eigenvalue weighted by atomic mass is 10.1. The van der Waals surface area contributed by atoms with Crippen LogP contribution >= 0.6 is 0 Å². The molecule has 2 aromatic carbocycles. The molecule has 0 fully saturated rings. The van der Waals surface area contributed by atoms with Crippen molar-refractivity contribution in [1.82, 2.24) is 10.2 Å². The molecule has 0 aliphatic carbocycles. The van der Waals surface area contributed by atoms with Gasteiger partial charge in [0.2, 0.25) is 5.89 Å². The molecule has 1 aromatic heterocycles. The van der Waals surface area contributed by atoms with E-state index in [2.05, 4.69) is 10.2 Å². The van der Waals surface area contributed by atoms with Crippen LogP contribution in [0.4, 0.5) is 10.1 Å². The Balaban J connectivity index is 1.71. The molecule has 0 saturated carbocycles. The number of quaternary nitrogens is 1. The van der Waals surface area contributed by atoms with Gasteiger partial charge in [-0.3, -0.25) is 10.1 Å². The largest absolute Gasteiger partial charge is 0.494 e. The summed E-state index contributed by atoms with van der Waals surface area (Å²) in [5, 5.41) is 18.9. The average molecular weight is 387 g/mol. The number of ether oxygens (including phenoxy) is 1. The normalized spacial score (nSPS) is 13.1. The van der Waals surface area contributed by atoms with Crippen LogP contribution in [0.15, 0.2) is 46.9 Å². The zero-order chi connectivity index (χ0) is 20.3. The second-order valence-electron chi connectivity index (χ2n) is 6.46. The van der Waals surface area contributed by atoms with E-state index in [1.807, 2.05) is 20.0 Å². The molecule has 0 amide bonds. The lowest BCUT2D eigenvalue weighted by Crippen LogP contribution is -3.07. The SMILES string of the molecule is COc1ccc(C[NH+](C)[C@@H](C)c2nnc(-c3ccc([N+](=O)[O-])cc3)o2)cc1F. The van der Waals surface area contributed by atoms with Gasteiger partial charge in [-0.2, -0.15) is 0 Å². The highest BCUT2D eigenvalue weighted by Crippen LogP contribution is 2.23. The number of methoxy groups -OCH3 is 1. The first-order chi connectivity index (χ1) is 13.4. The smallest absolute Gasteiger partial charge is 0.274 e. The van der Waals surface area contributed by atoms with Crippen LogP contribution in [0.3, 0.4) is 0 Å². The van der Waals surface area contributed by atoms with E-state index in [0.29, 0.717) is 23.9 Å². The molecule has 0 aliphatic heterocycles. The van der Waals surface area contributed by atoms with Crippen molar-refractivity contribution < 1.29 is 23.4 Å². The Labute approximate surface area is 160 Å². The molecule has 146 valence electrons. The second-order valence-corrected chi connectivity index (χ2v) is 6.46. The number of hydrogen-bond acceptors (Lipinski definition) is 6. The highest BCUT2D eigenvalue weighted by Gasteiger charge is 2.23. The van der Waals surface area contributed by atoms with Crippen LogP contribution in [0.25, 0.3) is 11.5 Å². The monoisotopic (exact) mass is 387 g/mol. The number of nitro groups is 1. The molecule has 3 aromatic rings. The number of non-ortho nitro benzene ring substituents is 1. The van der Waals surface area contributed by atoms with E-state index in [4.69, 9.17) is 9.15 Å². The molecule has 0 saturated heterocycles. The number of hydrogen-bond donors (Lipinski definition) is 1. The predicted octanol–water partition coefficient (Wildman–Crippen LogP) is 2.57. The van der Waals surface area contributed by atoms with Gasteiger partial charge in [0.1, 0.15) is 6.54 Å². The van der Waals surface area contributed by atoms with Gasteiger partial charge in [-0.15, -0.1) is 10.2 Å². The molecule has 2 atom stereocenters. The third-order valence-corrected chi connectivity index (χ3v) is 4.57. The fourth-order valence-electron chi connectivity index (χ4n) is 2.76. The first kappa shape index (κ1) is 19.4. The van der Waals surface area contributed by atoms with Gasteiger partial charge < -0.3 is 14.1 Å². The molecule has 28 heavy (non-hydrogen) atoms. The number of nitro benzene ring substituents is 1. The molecule has 1 N–H and O–H groups in total. The Morgan fingerprint density at radius 2 is 1.96 bits per heavy atom. The molecular weight excluding hydrogens is 367 g/mol. The first-order valence-electron chi connectivity index (χ1n) is 8.62. The molecular formula is C19H20FN4O4+. The van der Waals surface area contributed by atoms with E-state index >= 15 is 0 Å². The zero-order valence-corrected chi connectivity index (χ0v) is 15.7. The summed E-state index contributed by atoms with van der Waals surface area (Å²) in [5.74, 6) is 0.526. The van der Waals surface area contributed by atoms with Gasteiger partial charge >= 0.3 is 0 Å². The summed E-state index contributed by atoms with van der Waals surface area (Å²) >= 11 is 0. The van der Waals surface area contributed by atoms with Crippen molar-refractivity contribution in [2.24, 2.45) is 0 Å². The average Bonchev–Trinajstić information content (AvgIpc) is 3.17. The molecule has 0 bridgehead atoms. The van der Waals surface area contributed by atoms with Crippen LogP contribution in [-0.4, -0.2) is 29.3 Å². The van der Waals surface area contributed by atoms with Crippen molar-refractivity contribution >= 4 is 5.69 Å². The van der Waals surface area contributed by atoms with E-state index in [1.165, 1.54) is 25.3 Å². The lowest BCUT2D eigenvalue weighted by Gasteiger charge is -2.19. The summed E-state index contributed by atoms with van der Waals surface area (Å²) in [7, 11) is 3.37. The van der Waals surface area contributed by atoms with Gasteiger partial charge in [0.25, 0.3) is 11.6 Å². The Bertz CT molecular complexity index is 974. The zero-order valence-electron chi connectivity index (χ0n) is 15.7. The number of rotatable bonds is 7. The quantitative estimate of drug-likeness (QED) is 0.494. The minimum atomic E-state index is -0.467. The Morgan fingerprint density at radius 1 is 1.25 bits per heavy atom. The van der Waals surface area contributed by atoms with Crippen molar-refractivity contribution in [3.63, 3.8) is 0 Å². The summed E-state index contributed by atoms with van der Waals surface area (Å²) in [6.45, 7) is 2.49. The van der Waals surface area contributed by atoms with Crippen LogP contribution in [0.1, 0.15) is 24.4 Å². The maximum Gasteiger partial charge on any atom is 0.274 e. The van der Waals surface area contributed by atoms with E-state index in [1.54, 1.807) is 18.2 Å². The summed E-state index contributed by atoms with van der Waals surface area (Å²) in [6.07, 6.45) is 0. The number of aromatic nitrogens is 2. The van der Waals surface area contributed by atoms with Crippen LogP contribution in [-0.2, 0) is 6.54 Å². The summed E-state index contributed by atoms with van der Waals surface area (Å²) < 4.78 is 24.6. The predicted molar refractivity (Wildman–Crippen MR) is 98.3 cm³/mol. The minimum absolute atomic E-state index is 0.00671. The maximum atomic E-state index is 13.9. The third kappa shape index (κ3) is 4.15. The molecule has 0 spiro atoms. The highest BCUT2D eigenvalue weighted by atomic mass is 19.1. The van der Waals surface area contributed by atoms with Crippen molar-refractivity contribution in [3.05, 3.63) is 69.9 Å². The molecule has 1 heterocycles. The van der Waals surface area contributed by atoms with E-state index < -0.39 is 10.7 Å². The van der Waals surface area contributed by atoms with Crippen LogP contribution in [0.5, 0.6) is 5.75 Å². The molecule has 3 rings (SSSR count). The van der Waals surface area contributed by atoms with E-state index in [0.717, 1.165) is 10.5 Å². The van der Waals surface area contributed by atoms with Crippen LogP contribution in [0.2, 0.25) is 0 Å². The Morgan fingerprint density at radius 3 is 2.57 bits per heavy atom. The van der Waals surface area contributed by atoms with Crippen molar-refractivity contribution in [1.29, 1.82) is 0 Å². The van der Waals surface area contributed by atoms with Crippen LogP contribution in [0, 0.1) is 15.9 Å². The lowest BCUT2D eigenvalue weighted by molar-refractivity contribution is -0.925. The Kier molecular flexibility index (Phi) is 5.65. The number of nitrogens with one attached hydrogen (secondary N) is 1. The van der Waals surface area contributed by atoms with Gasteiger partial charge in [-0.25, -0.2) is 4.39 Å². The van der Waals surface area contributed by atoms with Crippen molar-refractivity contribution in [3.8, 4) is 17.2 Å². The second kappa shape index (κ2) is 8.13. The maximum absolute atomic E-state index is 13.9. The fourth-order valence-corrected chi connectivity index (χ4v) is 2.76. The molecule has 9 heteroatoms. The van der Waals surface area contributed by atoms with Gasteiger partial charge in [0.05, 0.1) is 19.1 Å². The van der Waals surface area contributed by atoms with Gasteiger partial charge in [0.15, 0.2) is 17.6 Å². The van der Waals surface area contributed by atoms with Gasteiger partial charge in [-0.05, 0) is 37.3 Å². The van der Waals surface area contributed by atoms with Crippen molar-refractivity contribution in [2.45, 2.75) is 19.5 Å². The summed E-state index contributed by atoms with van der Waals surface area (Å²) in [6, 6.07) is 10.6. The highest BCUT2D eigenvalue weighted by molar-refractivity contribution is 5.55. The number of nitrogens with zero attached hydrogens (tertiary/aromatic N) is 3.